The third kappa shape index (κ3) is 8.06. The topological polar surface area (TPSA) is 49.4 Å². The minimum absolute atomic E-state index is 0.0487. The standard InChI is InChI=1S/C24H30Cl2N2O2S/c1-5-17(3)27-24(30)18(4)28(13-19-9-10-21(25)22(26)12-19)23(29)15-31-14-20-8-6-7-16(2)11-20/h6-12,17-18H,5,13-15H2,1-4H3,(H,27,30). The quantitative estimate of drug-likeness (QED) is 0.462. The molecule has 2 unspecified atom stereocenters. The van der Waals surface area contributed by atoms with Crippen molar-refractivity contribution in [2.24, 2.45) is 0 Å². The fraction of sp³-hybridized carbons (Fsp3) is 0.417. The van der Waals surface area contributed by atoms with E-state index in [1.165, 1.54) is 11.1 Å². The van der Waals surface area contributed by atoms with Gasteiger partial charge < -0.3 is 10.2 Å². The molecular formula is C24H30Cl2N2O2S. The number of rotatable bonds is 10. The predicted molar refractivity (Wildman–Crippen MR) is 132 cm³/mol. The van der Waals surface area contributed by atoms with Crippen molar-refractivity contribution in [1.82, 2.24) is 10.2 Å². The Labute approximate surface area is 199 Å². The molecule has 0 fully saturated rings. The predicted octanol–water partition coefficient (Wildman–Crippen LogP) is 5.87. The van der Waals surface area contributed by atoms with Gasteiger partial charge in [-0.3, -0.25) is 9.59 Å². The van der Waals surface area contributed by atoms with Gasteiger partial charge in [0.25, 0.3) is 0 Å². The van der Waals surface area contributed by atoms with Gasteiger partial charge in [0.05, 0.1) is 15.8 Å². The summed E-state index contributed by atoms with van der Waals surface area (Å²) in [5.41, 5.74) is 3.20. The van der Waals surface area contributed by atoms with Crippen LogP contribution in [0.25, 0.3) is 0 Å². The van der Waals surface area contributed by atoms with Crippen molar-refractivity contribution in [3.8, 4) is 0 Å². The Morgan fingerprint density at radius 2 is 1.81 bits per heavy atom. The highest BCUT2D eigenvalue weighted by Gasteiger charge is 2.26. The summed E-state index contributed by atoms with van der Waals surface area (Å²) in [5, 5.41) is 3.86. The number of hydrogen-bond donors (Lipinski definition) is 1. The average Bonchev–Trinajstić information content (AvgIpc) is 2.73. The van der Waals surface area contributed by atoms with Gasteiger partial charge in [0, 0.05) is 18.3 Å². The summed E-state index contributed by atoms with van der Waals surface area (Å²) in [5.74, 6) is 0.777. The second-order valence-corrected chi connectivity index (χ2v) is 9.55. The molecule has 2 aromatic carbocycles. The Hall–Kier alpha value is -1.69. The van der Waals surface area contributed by atoms with Crippen LogP contribution >= 0.6 is 35.0 Å². The molecule has 0 aliphatic rings. The zero-order valence-corrected chi connectivity index (χ0v) is 20.8. The third-order valence-corrected chi connectivity index (χ3v) is 6.81. The maximum Gasteiger partial charge on any atom is 0.242 e. The molecule has 1 N–H and O–H groups in total. The van der Waals surface area contributed by atoms with E-state index >= 15 is 0 Å². The Bertz CT molecular complexity index is 907. The Kier molecular flexibility index (Phi) is 10.2. The smallest absolute Gasteiger partial charge is 0.242 e. The van der Waals surface area contributed by atoms with Gasteiger partial charge in [-0.05, 0) is 50.5 Å². The van der Waals surface area contributed by atoms with Crippen LogP contribution in [-0.4, -0.2) is 34.6 Å². The van der Waals surface area contributed by atoms with Crippen molar-refractivity contribution >= 4 is 46.8 Å². The highest BCUT2D eigenvalue weighted by molar-refractivity contribution is 7.99. The lowest BCUT2D eigenvalue weighted by Gasteiger charge is -2.29. The Balaban J connectivity index is 2.11. The number of aryl methyl sites for hydroxylation is 1. The van der Waals surface area contributed by atoms with E-state index in [9.17, 15) is 9.59 Å². The van der Waals surface area contributed by atoms with Crippen LogP contribution in [0.3, 0.4) is 0 Å². The SMILES string of the molecule is CCC(C)NC(=O)C(C)N(Cc1ccc(Cl)c(Cl)c1)C(=O)CSCc1cccc(C)c1. The fourth-order valence-corrected chi connectivity index (χ4v) is 4.20. The highest BCUT2D eigenvalue weighted by atomic mass is 35.5. The molecule has 0 aliphatic heterocycles. The molecule has 0 saturated carbocycles. The van der Waals surface area contributed by atoms with E-state index in [1.54, 1.807) is 35.7 Å². The lowest BCUT2D eigenvalue weighted by Crippen LogP contribution is -2.50. The van der Waals surface area contributed by atoms with Crippen LogP contribution in [0.4, 0.5) is 0 Å². The number of carbonyl (C=O) groups excluding carboxylic acids is 2. The number of amides is 2. The first-order chi connectivity index (χ1) is 14.7. The molecule has 2 rings (SSSR count). The Morgan fingerprint density at radius 3 is 2.45 bits per heavy atom. The molecule has 2 amide bonds. The molecule has 2 aromatic rings. The van der Waals surface area contributed by atoms with Gasteiger partial charge in [0.1, 0.15) is 6.04 Å². The highest BCUT2D eigenvalue weighted by Crippen LogP contribution is 2.24. The molecule has 0 spiro atoms. The number of nitrogens with zero attached hydrogens (tertiary/aromatic N) is 1. The molecule has 0 radical (unpaired) electrons. The van der Waals surface area contributed by atoms with Crippen LogP contribution in [0.2, 0.25) is 10.0 Å². The zero-order valence-electron chi connectivity index (χ0n) is 18.5. The summed E-state index contributed by atoms with van der Waals surface area (Å²) in [6.07, 6.45) is 0.825. The van der Waals surface area contributed by atoms with Gasteiger partial charge in [0.2, 0.25) is 11.8 Å². The van der Waals surface area contributed by atoms with Gasteiger partial charge in [0.15, 0.2) is 0 Å². The lowest BCUT2D eigenvalue weighted by molar-refractivity contribution is -0.138. The molecule has 0 bridgehead atoms. The number of halogens is 2. The average molecular weight is 481 g/mol. The molecular weight excluding hydrogens is 451 g/mol. The molecule has 4 nitrogen and oxygen atoms in total. The molecule has 0 heterocycles. The lowest BCUT2D eigenvalue weighted by atomic mass is 10.1. The summed E-state index contributed by atoms with van der Waals surface area (Å²) in [4.78, 5) is 27.5. The van der Waals surface area contributed by atoms with Gasteiger partial charge in [-0.2, -0.15) is 0 Å². The largest absolute Gasteiger partial charge is 0.352 e. The van der Waals surface area contributed by atoms with E-state index in [0.29, 0.717) is 10.0 Å². The van der Waals surface area contributed by atoms with Gasteiger partial charge in [-0.15, -0.1) is 11.8 Å². The molecule has 0 aromatic heterocycles. The number of thioether (sulfide) groups is 1. The minimum Gasteiger partial charge on any atom is -0.352 e. The van der Waals surface area contributed by atoms with E-state index < -0.39 is 6.04 Å². The third-order valence-electron chi connectivity index (χ3n) is 5.08. The summed E-state index contributed by atoms with van der Waals surface area (Å²) >= 11 is 13.7. The summed E-state index contributed by atoms with van der Waals surface area (Å²) in [6, 6.07) is 13.0. The van der Waals surface area contributed by atoms with Crippen molar-refractivity contribution in [2.45, 2.75) is 58.5 Å². The van der Waals surface area contributed by atoms with Gasteiger partial charge >= 0.3 is 0 Å². The van der Waals surface area contributed by atoms with Crippen molar-refractivity contribution in [3.05, 3.63) is 69.2 Å². The summed E-state index contributed by atoms with van der Waals surface area (Å²) in [6.45, 7) is 8.06. The van der Waals surface area contributed by atoms with Crippen molar-refractivity contribution in [1.29, 1.82) is 0 Å². The van der Waals surface area contributed by atoms with E-state index in [2.05, 4.69) is 30.4 Å². The first-order valence-electron chi connectivity index (χ1n) is 10.4. The Morgan fingerprint density at radius 1 is 1.06 bits per heavy atom. The summed E-state index contributed by atoms with van der Waals surface area (Å²) in [7, 11) is 0. The van der Waals surface area contributed by atoms with Crippen LogP contribution < -0.4 is 5.32 Å². The van der Waals surface area contributed by atoms with E-state index in [-0.39, 0.29) is 30.2 Å². The van der Waals surface area contributed by atoms with Crippen LogP contribution in [0.15, 0.2) is 42.5 Å². The van der Waals surface area contributed by atoms with Crippen molar-refractivity contribution in [2.75, 3.05) is 5.75 Å². The maximum absolute atomic E-state index is 13.1. The maximum atomic E-state index is 13.1. The van der Waals surface area contributed by atoms with Crippen LogP contribution in [0.1, 0.15) is 43.9 Å². The molecule has 7 heteroatoms. The monoisotopic (exact) mass is 480 g/mol. The normalized spacial score (nSPS) is 12.8. The summed E-state index contributed by atoms with van der Waals surface area (Å²) < 4.78 is 0. The number of nitrogens with one attached hydrogen (secondary N) is 1. The van der Waals surface area contributed by atoms with Crippen LogP contribution in [-0.2, 0) is 21.9 Å². The number of carbonyl (C=O) groups is 2. The van der Waals surface area contributed by atoms with Gasteiger partial charge in [-0.25, -0.2) is 0 Å². The van der Waals surface area contributed by atoms with Crippen LogP contribution in [0, 0.1) is 6.92 Å². The fourth-order valence-electron chi connectivity index (χ4n) is 3.02. The second-order valence-electron chi connectivity index (χ2n) is 7.75. The molecule has 168 valence electrons. The minimum atomic E-state index is -0.601. The molecule has 0 aliphatic carbocycles. The second kappa shape index (κ2) is 12.4. The number of hydrogen-bond acceptors (Lipinski definition) is 3. The van der Waals surface area contributed by atoms with E-state index in [4.69, 9.17) is 23.2 Å². The van der Waals surface area contributed by atoms with E-state index in [0.717, 1.165) is 17.7 Å². The van der Waals surface area contributed by atoms with Crippen molar-refractivity contribution in [3.63, 3.8) is 0 Å². The first kappa shape index (κ1) is 25.6. The first-order valence-corrected chi connectivity index (χ1v) is 12.3. The van der Waals surface area contributed by atoms with Crippen LogP contribution in [0.5, 0.6) is 0 Å². The zero-order chi connectivity index (χ0) is 23.0. The molecule has 2 atom stereocenters. The van der Waals surface area contributed by atoms with E-state index in [1.807, 2.05) is 26.0 Å². The van der Waals surface area contributed by atoms with Crippen molar-refractivity contribution < 1.29 is 9.59 Å². The van der Waals surface area contributed by atoms with Gasteiger partial charge in [-0.1, -0.05) is 66.0 Å². The molecule has 31 heavy (non-hydrogen) atoms. The molecule has 0 saturated heterocycles. The number of benzene rings is 2.